The van der Waals surface area contributed by atoms with Gasteiger partial charge in [-0.2, -0.15) is 11.8 Å². The average Bonchev–Trinajstić information content (AvgIpc) is 2.21. The molecule has 0 spiro atoms. The molecule has 6 heteroatoms. The van der Waals surface area contributed by atoms with Crippen molar-refractivity contribution in [2.75, 3.05) is 18.6 Å². The largest absolute Gasteiger partial charge is 0.467 e. The van der Waals surface area contributed by atoms with Crippen LogP contribution in [0, 0.1) is 0 Å². The smallest absolute Gasteiger partial charge is 0.329 e. The van der Waals surface area contributed by atoms with E-state index in [2.05, 4.69) is 10.1 Å². The third kappa shape index (κ3) is 7.27. The summed E-state index contributed by atoms with van der Waals surface area (Å²) in [6, 6.07) is -0.596. The second-order valence-electron chi connectivity index (χ2n) is 2.68. The van der Waals surface area contributed by atoms with Crippen LogP contribution in [0.3, 0.4) is 0 Å². The first-order valence-electron chi connectivity index (χ1n) is 4.29. The van der Waals surface area contributed by atoms with Crippen molar-refractivity contribution >= 4 is 35.2 Å². The lowest BCUT2D eigenvalue weighted by Gasteiger charge is -2.14. The van der Waals surface area contributed by atoms with Gasteiger partial charge in [-0.1, -0.05) is 17.7 Å². The van der Waals surface area contributed by atoms with E-state index in [0.29, 0.717) is 11.5 Å². The van der Waals surface area contributed by atoms with Gasteiger partial charge in [-0.25, -0.2) is 4.79 Å². The molecular weight excluding hydrogens is 238 g/mol. The second kappa shape index (κ2) is 8.61. The van der Waals surface area contributed by atoms with Crippen LogP contribution in [0.15, 0.2) is 11.6 Å². The minimum atomic E-state index is -0.596. The molecule has 0 rings (SSSR count). The van der Waals surface area contributed by atoms with Gasteiger partial charge >= 0.3 is 5.97 Å². The second-order valence-corrected chi connectivity index (χ2v) is 4.00. The SMILES string of the molecule is COC(=O)[C@H](CSC/C=C/Cl)NC(C)=O. The van der Waals surface area contributed by atoms with Crippen LogP contribution in [0.1, 0.15) is 6.92 Å². The topological polar surface area (TPSA) is 55.4 Å². The molecule has 0 aromatic heterocycles. The number of hydrogen-bond donors (Lipinski definition) is 1. The van der Waals surface area contributed by atoms with E-state index in [9.17, 15) is 9.59 Å². The maximum Gasteiger partial charge on any atom is 0.329 e. The number of esters is 1. The molecule has 0 saturated carbocycles. The van der Waals surface area contributed by atoms with Gasteiger partial charge in [0.2, 0.25) is 5.91 Å². The molecule has 0 heterocycles. The number of carbonyl (C=O) groups excluding carboxylic acids is 2. The van der Waals surface area contributed by atoms with Gasteiger partial charge in [0, 0.05) is 24.0 Å². The van der Waals surface area contributed by atoms with Crippen molar-refractivity contribution < 1.29 is 14.3 Å². The molecule has 0 aromatic carbocycles. The summed E-state index contributed by atoms with van der Waals surface area (Å²) in [7, 11) is 1.29. The number of thioether (sulfide) groups is 1. The molecule has 0 radical (unpaired) electrons. The fraction of sp³-hybridized carbons (Fsp3) is 0.556. The summed E-state index contributed by atoms with van der Waals surface area (Å²) < 4.78 is 4.56. The maximum atomic E-state index is 11.2. The fourth-order valence-electron chi connectivity index (χ4n) is 0.847. The van der Waals surface area contributed by atoms with Crippen LogP contribution in [0.2, 0.25) is 0 Å². The Balaban J connectivity index is 4.01. The van der Waals surface area contributed by atoms with Gasteiger partial charge in [-0.15, -0.1) is 0 Å². The van der Waals surface area contributed by atoms with Crippen LogP contribution >= 0.6 is 23.4 Å². The highest BCUT2D eigenvalue weighted by Gasteiger charge is 2.19. The predicted molar refractivity (Wildman–Crippen MR) is 61.9 cm³/mol. The van der Waals surface area contributed by atoms with Gasteiger partial charge in [0.25, 0.3) is 0 Å². The van der Waals surface area contributed by atoms with Crippen molar-refractivity contribution in [3.8, 4) is 0 Å². The van der Waals surface area contributed by atoms with Gasteiger partial charge in [0.15, 0.2) is 0 Å². The van der Waals surface area contributed by atoms with Crippen molar-refractivity contribution in [1.29, 1.82) is 0 Å². The first-order chi connectivity index (χ1) is 7.11. The van der Waals surface area contributed by atoms with E-state index < -0.39 is 12.0 Å². The number of halogens is 1. The van der Waals surface area contributed by atoms with E-state index in [1.807, 2.05) is 0 Å². The summed E-state index contributed by atoms with van der Waals surface area (Å²) in [4.78, 5) is 22.0. The Morgan fingerprint density at radius 1 is 1.60 bits per heavy atom. The van der Waals surface area contributed by atoms with Crippen molar-refractivity contribution in [1.82, 2.24) is 5.32 Å². The number of hydrogen-bond acceptors (Lipinski definition) is 4. The summed E-state index contributed by atoms with van der Waals surface area (Å²) in [6.07, 6.45) is 1.76. The molecule has 0 aliphatic carbocycles. The molecule has 0 bridgehead atoms. The molecule has 0 saturated heterocycles. The average molecular weight is 252 g/mol. The minimum absolute atomic E-state index is 0.251. The Kier molecular flexibility index (Phi) is 8.22. The number of amides is 1. The standard InChI is InChI=1S/C9H14ClNO3S/c1-7(12)11-8(9(13)14-2)6-15-5-3-4-10/h3-4,8H,5-6H2,1-2H3,(H,11,12)/b4-3+/t8-/m0/s1. The zero-order valence-corrected chi connectivity index (χ0v) is 10.2. The minimum Gasteiger partial charge on any atom is -0.467 e. The highest BCUT2D eigenvalue weighted by molar-refractivity contribution is 7.99. The summed E-state index contributed by atoms with van der Waals surface area (Å²) in [6.45, 7) is 1.36. The van der Waals surface area contributed by atoms with Gasteiger partial charge in [0.05, 0.1) is 7.11 Å². The Bertz CT molecular complexity index is 246. The van der Waals surface area contributed by atoms with Crippen LogP contribution in [0.25, 0.3) is 0 Å². The van der Waals surface area contributed by atoms with Crippen LogP contribution in [0.5, 0.6) is 0 Å². The maximum absolute atomic E-state index is 11.2. The summed E-state index contributed by atoms with van der Waals surface area (Å²) in [5, 5.41) is 2.52. The normalized spacial score (nSPS) is 12.5. The molecule has 0 aromatic rings. The van der Waals surface area contributed by atoms with Gasteiger partial charge in [0.1, 0.15) is 6.04 Å². The van der Waals surface area contributed by atoms with Gasteiger partial charge in [-0.3, -0.25) is 4.79 Å². The number of carbonyl (C=O) groups is 2. The molecule has 1 amide bonds. The van der Waals surface area contributed by atoms with Crippen molar-refractivity contribution in [3.63, 3.8) is 0 Å². The van der Waals surface area contributed by atoms with E-state index in [1.54, 1.807) is 6.08 Å². The van der Waals surface area contributed by atoms with Crippen LogP contribution < -0.4 is 5.32 Å². The monoisotopic (exact) mass is 251 g/mol. The summed E-state index contributed by atoms with van der Waals surface area (Å²) >= 11 is 6.82. The predicted octanol–water partition coefficient (Wildman–Crippen LogP) is 1.15. The molecule has 0 unspecified atom stereocenters. The highest BCUT2D eigenvalue weighted by atomic mass is 35.5. The first-order valence-corrected chi connectivity index (χ1v) is 5.88. The first kappa shape index (κ1) is 14.3. The Hall–Kier alpha value is -0.680. The lowest BCUT2D eigenvalue weighted by Crippen LogP contribution is -2.42. The molecule has 0 fully saturated rings. The molecule has 0 aliphatic heterocycles. The molecule has 1 atom stereocenters. The zero-order valence-electron chi connectivity index (χ0n) is 8.66. The van der Waals surface area contributed by atoms with Crippen LogP contribution in [-0.4, -0.2) is 36.5 Å². The van der Waals surface area contributed by atoms with E-state index in [-0.39, 0.29) is 5.91 Å². The molecule has 15 heavy (non-hydrogen) atoms. The van der Waals surface area contributed by atoms with Crippen molar-refractivity contribution in [2.24, 2.45) is 0 Å². The lowest BCUT2D eigenvalue weighted by molar-refractivity contribution is -0.144. The summed E-state index contributed by atoms with van der Waals surface area (Å²) in [5.74, 6) is 0.468. The van der Waals surface area contributed by atoms with E-state index in [1.165, 1.54) is 31.3 Å². The van der Waals surface area contributed by atoms with Gasteiger partial charge in [-0.05, 0) is 0 Å². The number of nitrogens with one attached hydrogen (secondary N) is 1. The molecule has 4 nitrogen and oxygen atoms in total. The van der Waals surface area contributed by atoms with Crippen molar-refractivity contribution in [3.05, 3.63) is 11.6 Å². The Labute approximate surface area is 98.4 Å². The van der Waals surface area contributed by atoms with Crippen LogP contribution in [0.4, 0.5) is 0 Å². The Morgan fingerprint density at radius 3 is 2.73 bits per heavy atom. The van der Waals surface area contributed by atoms with E-state index in [4.69, 9.17) is 11.6 Å². The number of methoxy groups -OCH3 is 1. The van der Waals surface area contributed by atoms with Crippen molar-refractivity contribution in [2.45, 2.75) is 13.0 Å². The quantitative estimate of drug-likeness (QED) is 0.568. The molecule has 1 N–H and O–H groups in total. The molecule has 86 valence electrons. The fourth-order valence-corrected chi connectivity index (χ4v) is 1.86. The molecular formula is C9H14ClNO3S. The van der Waals surface area contributed by atoms with Crippen LogP contribution in [-0.2, 0) is 14.3 Å². The summed E-state index contributed by atoms with van der Waals surface area (Å²) in [5.41, 5.74) is 1.42. The molecule has 0 aliphatic rings. The lowest BCUT2D eigenvalue weighted by atomic mass is 10.3. The van der Waals surface area contributed by atoms with E-state index >= 15 is 0 Å². The van der Waals surface area contributed by atoms with Gasteiger partial charge < -0.3 is 10.1 Å². The zero-order chi connectivity index (χ0) is 11.7. The van der Waals surface area contributed by atoms with E-state index in [0.717, 1.165) is 0 Å². The number of rotatable bonds is 6. The third-order valence-corrected chi connectivity index (χ3v) is 2.63. The third-order valence-electron chi connectivity index (χ3n) is 1.45. The number of ether oxygens (including phenoxy) is 1. The Morgan fingerprint density at radius 2 is 2.27 bits per heavy atom. The highest BCUT2D eigenvalue weighted by Crippen LogP contribution is 2.05.